The summed E-state index contributed by atoms with van der Waals surface area (Å²) in [6.45, 7) is 0. The van der Waals surface area contributed by atoms with E-state index in [0.29, 0.717) is 0 Å². The Morgan fingerprint density at radius 3 is 0.667 bits per heavy atom. The molecule has 0 fully saturated rings. The second-order valence-electron chi connectivity index (χ2n) is 3.11. The Morgan fingerprint density at radius 2 is 0.619 bits per heavy atom. The van der Waals surface area contributed by atoms with Crippen molar-refractivity contribution in [3.05, 3.63) is 0 Å². The van der Waals surface area contributed by atoms with Crippen molar-refractivity contribution in [2.45, 2.75) is 31.1 Å². The average Bonchev–Trinajstić information content (AvgIpc) is 1.89. The number of halogens is 15. The summed E-state index contributed by atoms with van der Waals surface area (Å²) in [7, 11) is 0. The standard InChI is InChI=1S/C5F14N.ClH/c6-1(7,8)2(9,10)20(3(11,12)13,4(14,15)16)5(17,18)19;/h;1H/q+1;/p-1. The van der Waals surface area contributed by atoms with E-state index in [1.807, 2.05) is 0 Å². The van der Waals surface area contributed by atoms with Gasteiger partial charge in [0, 0.05) is 4.48 Å². The highest BCUT2D eigenvalue weighted by atomic mass is 35.5. The zero-order valence-corrected chi connectivity index (χ0v) is 9.37. The minimum absolute atomic E-state index is 0. The summed E-state index contributed by atoms with van der Waals surface area (Å²) in [5, 5.41) is 0. The molecule has 0 heterocycles. The summed E-state index contributed by atoms with van der Waals surface area (Å²) in [5.74, 6) is 0. The lowest BCUT2D eigenvalue weighted by atomic mass is 10.3. The third kappa shape index (κ3) is 2.93. The van der Waals surface area contributed by atoms with Crippen molar-refractivity contribution in [2.75, 3.05) is 0 Å². The van der Waals surface area contributed by atoms with E-state index in [4.69, 9.17) is 0 Å². The summed E-state index contributed by atoms with van der Waals surface area (Å²) in [4.78, 5) is 0. The molecular formula is C5ClF14N. The molecule has 0 amide bonds. The van der Waals surface area contributed by atoms with Gasteiger partial charge in [0.2, 0.25) is 0 Å². The SMILES string of the molecule is FC(F)(F)C(F)(F)[N+](C(F)(F)F)(C(F)(F)F)C(F)(F)F.[Cl-]. The van der Waals surface area contributed by atoms with Gasteiger partial charge in [-0.15, -0.1) is 48.3 Å². The molecule has 0 aromatic rings. The molecule has 0 unspecified atom stereocenters. The van der Waals surface area contributed by atoms with E-state index in [-0.39, 0.29) is 12.4 Å². The molecule has 0 aromatic heterocycles. The maximum atomic E-state index is 12.4. The molecule has 0 bridgehead atoms. The highest BCUT2D eigenvalue weighted by molar-refractivity contribution is 4.72. The first-order valence-electron chi connectivity index (χ1n) is 3.79. The van der Waals surface area contributed by atoms with E-state index in [1.54, 1.807) is 0 Å². The minimum atomic E-state index is -8.23. The van der Waals surface area contributed by atoms with Crippen molar-refractivity contribution in [1.82, 2.24) is 0 Å². The topological polar surface area (TPSA) is 0 Å². The summed E-state index contributed by atoms with van der Waals surface area (Å²) in [6, 6.07) is -8.23. The van der Waals surface area contributed by atoms with Crippen molar-refractivity contribution in [1.29, 1.82) is 0 Å². The van der Waals surface area contributed by atoms with Crippen LogP contribution in [0.25, 0.3) is 0 Å². The van der Waals surface area contributed by atoms with Gasteiger partial charge in [0.05, 0.1) is 0 Å². The van der Waals surface area contributed by atoms with Gasteiger partial charge >= 0.3 is 31.1 Å². The maximum Gasteiger partial charge on any atom is 0.581 e. The second kappa shape index (κ2) is 5.17. The third-order valence-corrected chi connectivity index (χ3v) is 1.90. The minimum Gasteiger partial charge on any atom is -1.00 e. The number of nitrogens with zero attached hydrogens (tertiary/aromatic N) is 1. The van der Waals surface area contributed by atoms with Crippen LogP contribution in [0.15, 0.2) is 0 Å². The highest BCUT2D eigenvalue weighted by Gasteiger charge is 2.99. The highest BCUT2D eigenvalue weighted by Crippen LogP contribution is 2.61. The molecule has 0 atom stereocenters. The lowest BCUT2D eigenvalue weighted by molar-refractivity contribution is -1.23. The molecule has 0 spiro atoms. The van der Waals surface area contributed by atoms with E-state index in [2.05, 4.69) is 0 Å². The number of quaternary nitrogens is 1. The molecule has 0 saturated carbocycles. The van der Waals surface area contributed by atoms with Crippen LogP contribution in [0.1, 0.15) is 0 Å². The van der Waals surface area contributed by atoms with Crippen molar-refractivity contribution < 1.29 is 78.4 Å². The van der Waals surface area contributed by atoms with Crippen molar-refractivity contribution in [3.8, 4) is 0 Å². The fourth-order valence-electron chi connectivity index (χ4n) is 1.10. The Kier molecular flexibility index (Phi) is 5.55. The van der Waals surface area contributed by atoms with E-state index in [1.165, 1.54) is 0 Å². The van der Waals surface area contributed by atoms with Gasteiger partial charge in [0.1, 0.15) is 0 Å². The molecule has 0 aliphatic heterocycles. The largest absolute Gasteiger partial charge is 1.00 e. The van der Waals surface area contributed by atoms with Gasteiger partial charge in [0.25, 0.3) is 0 Å². The molecule has 16 heteroatoms. The lowest BCUT2D eigenvalue weighted by Crippen LogP contribution is -3.00. The Bertz CT molecular complexity index is 319. The van der Waals surface area contributed by atoms with Crippen LogP contribution in [0, 0.1) is 0 Å². The molecule has 21 heavy (non-hydrogen) atoms. The van der Waals surface area contributed by atoms with Crippen LogP contribution in [0.2, 0.25) is 0 Å². The second-order valence-corrected chi connectivity index (χ2v) is 3.11. The Hall–Kier alpha value is -0.730. The zero-order chi connectivity index (χ0) is 17.0. The molecule has 0 rings (SSSR count). The van der Waals surface area contributed by atoms with Crippen LogP contribution >= 0.6 is 0 Å². The Balaban J connectivity index is 0. The van der Waals surface area contributed by atoms with Gasteiger partial charge in [-0.2, -0.15) is 13.2 Å². The first kappa shape index (κ1) is 22.5. The van der Waals surface area contributed by atoms with Crippen LogP contribution in [0.3, 0.4) is 0 Å². The normalized spacial score (nSPS) is 15.7. The molecule has 0 aliphatic rings. The first-order chi connectivity index (χ1) is 8.25. The Labute approximate surface area is 111 Å². The number of rotatable bonds is 1. The molecular weight excluding hydrogens is 375 g/mol. The van der Waals surface area contributed by atoms with E-state index in [0.717, 1.165) is 0 Å². The van der Waals surface area contributed by atoms with E-state index >= 15 is 0 Å². The summed E-state index contributed by atoms with van der Waals surface area (Å²) in [6.07, 6.45) is -32.0. The molecule has 0 aliphatic carbocycles. The maximum absolute atomic E-state index is 12.4. The first-order valence-corrected chi connectivity index (χ1v) is 3.79. The van der Waals surface area contributed by atoms with Gasteiger partial charge < -0.3 is 12.4 Å². The zero-order valence-electron chi connectivity index (χ0n) is 8.62. The van der Waals surface area contributed by atoms with Crippen LogP contribution in [-0.4, -0.2) is 35.6 Å². The Morgan fingerprint density at radius 1 is 0.429 bits per heavy atom. The van der Waals surface area contributed by atoms with Crippen molar-refractivity contribution in [2.24, 2.45) is 0 Å². The summed E-state index contributed by atoms with van der Waals surface area (Å²) >= 11 is 0. The number of alkyl halides is 14. The molecule has 1 nitrogen and oxygen atoms in total. The molecule has 130 valence electrons. The third-order valence-electron chi connectivity index (χ3n) is 1.90. The number of hydrogen-bond donors (Lipinski definition) is 0. The van der Waals surface area contributed by atoms with Crippen LogP contribution in [0.5, 0.6) is 0 Å². The molecule has 0 saturated heterocycles. The quantitative estimate of drug-likeness (QED) is 0.370. The van der Waals surface area contributed by atoms with Gasteiger partial charge in [-0.3, -0.25) is 0 Å². The number of hydrogen-bond acceptors (Lipinski definition) is 0. The van der Waals surface area contributed by atoms with Crippen molar-refractivity contribution >= 4 is 0 Å². The van der Waals surface area contributed by atoms with E-state index < -0.39 is 35.6 Å². The van der Waals surface area contributed by atoms with Crippen molar-refractivity contribution in [3.63, 3.8) is 0 Å². The summed E-state index contributed by atoms with van der Waals surface area (Å²) in [5.41, 5.74) is 0. The van der Waals surface area contributed by atoms with Crippen LogP contribution < -0.4 is 12.4 Å². The van der Waals surface area contributed by atoms with Gasteiger partial charge in [-0.05, 0) is 0 Å². The fraction of sp³-hybridized carbons (Fsp3) is 1.00. The van der Waals surface area contributed by atoms with Gasteiger partial charge in [-0.25, -0.2) is 0 Å². The van der Waals surface area contributed by atoms with Gasteiger partial charge in [0.15, 0.2) is 0 Å². The predicted molar refractivity (Wildman–Crippen MR) is 29.4 cm³/mol. The smallest absolute Gasteiger partial charge is 0.581 e. The predicted octanol–water partition coefficient (Wildman–Crippen LogP) is 1.52. The fourth-order valence-corrected chi connectivity index (χ4v) is 1.10. The van der Waals surface area contributed by atoms with Crippen LogP contribution in [-0.2, 0) is 0 Å². The van der Waals surface area contributed by atoms with Gasteiger partial charge in [-0.1, -0.05) is 0 Å². The molecule has 0 N–H and O–H groups in total. The molecule has 0 aromatic carbocycles. The lowest BCUT2D eigenvalue weighted by Gasteiger charge is -2.42. The average molecular weight is 375 g/mol. The van der Waals surface area contributed by atoms with E-state index in [9.17, 15) is 61.5 Å². The van der Waals surface area contributed by atoms with Crippen LogP contribution in [0.4, 0.5) is 61.5 Å². The summed E-state index contributed by atoms with van der Waals surface area (Å²) < 4.78 is 160. The monoisotopic (exact) mass is 375 g/mol. The molecule has 0 radical (unpaired) electrons.